The average molecular weight is 1340 g/mol. The molecular weight excluding hydrogens is 1200 g/mol. The van der Waals surface area contributed by atoms with Gasteiger partial charge in [-0.3, -0.25) is 0 Å². The first kappa shape index (κ1) is 77.9. The molecule has 0 bridgehead atoms. The van der Waals surface area contributed by atoms with Crippen molar-refractivity contribution >= 4 is 0 Å². The molecule has 0 aliphatic heterocycles. The van der Waals surface area contributed by atoms with Crippen molar-refractivity contribution in [1.82, 2.24) is 0 Å². The lowest BCUT2D eigenvalue weighted by Crippen LogP contribution is -2.21. The summed E-state index contributed by atoms with van der Waals surface area (Å²) >= 11 is 0. The van der Waals surface area contributed by atoms with Crippen LogP contribution in [-0.4, -0.2) is 30.6 Å². The Balaban J connectivity index is 0.000000250. The van der Waals surface area contributed by atoms with Crippen LogP contribution in [-0.2, 0) is 51.8 Å². The summed E-state index contributed by atoms with van der Waals surface area (Å²) in [6.07, 6.45) is 22.7. The van der Waals surface area contributed by atoms with Crippen molar-refractivity contribution in [2.45, 2.75) is 362 Å². The van der Waals surface area contributed by atoms with Crippen LogP contribution < -0.4 is 0 Å². The smallest absolute Gasteiger partial charge is 0.123 e. The first-order chi connectivity index (χ1) is 45.6. The van der Waals surface area contributed by atoms with E-state index in [4.69, 9.17) is 0 Å². The average Bonchev–Trinajstić information content (AvgIpc) is 0.753. The van der Waals surface area contributed by atoms with Gasteiger partial charge in [0.1, 0.15) is 34.5 Å². The van der Waals surface area contributed by atoms with Crippen LogP contribution in [0, 0.1) is 0 Å². The molecule has 0 saturated heterocycles. The van der Waals surface area contributed by atoms with Crippen molar-refractivity contribution in [3.8, 4) is 34.5 Å². The maximum Gasteiger partial charge on any atom is 0.123 e. The molecule has 0 heterocycles. The van der Waals surface area contributed by atoms with Crippen LogP contribution in [0.25, 0.3) is 0 Å². The zero-order chi connectivity index (χ0) is 72.5. The molecule has 6 N–H and O–H groups in total. The zero-order valence-corrected chi connectivity index (χ0v) is 65.8. The van der Waals surface area contributed by atoms with Crippen LogP contribution in [0.1, 0.15) is 410 Å². The lowest BCUT2D eigenvalue weighted by atomic mass is 9.71. The van der Waals surface area contributed by atoms with Crippen molar-refractivity contribution in [3.63, 3.8) is 0 Å². The van der Waals surface area contributed by atoms with E-state index in [0.717, 1.165) is 108 Å². The van der Waals surface area contributed by atoms with Gasteiger partial charge in [0.2, 0.25) is 0 Å². The molecule has 6 aromatic rings. The van der Waals surface area contributed by atoms with Crippen molar-refractivity contribution in [2.75, 3.05) is 0 Å². The Labute approximate surface area is 596 Å². The van der Waals surface area contributed by atoms with Gasteiger partial charge in [-0.15, -0.1) is 0 Å². The highest BCUT2D eigenvalue weighted by Gasteiger charge is 2.36. The largest absolute Gasteiger partial charge is 0.508 e. The van der Waals surface area contributed by atoms with Gasteiger partial charge in [0, 0.05) is 11.8 Å². The summed E-state index contributed by atoms with van der Waals surface area (Å²) in [7, 11) is 0. The Morgan fingerprint density at radius 2 is 0.531 bits per heavy atom. The third-order valence-electron chi connectivity index (χ3n) is 23.2. The molecule has 538 valence electrons. The number of phenolic OH excluding ortho intramolecular Hbond substituents is 6. The van der Waals surface area contributed by atoms with E-state index in [1.807, 2.05) is 0 Å². The van der Waals surface area contributed by atoms with Crippen molar-refractivity contribution < 1.29 is 30.6 Å². The standard InChI is InChI=1S/C46H64O3.C46H70O3/c1-5-31-24-44(47)40(34-17-11-8-12-18-34)27-37(31)30(4)23-43(38-28-41(35-19-13-9-14-20-35)45(48)25-32(38)6-2)39-29-42(36-21-15-10-16-22-36)46(49)26-33(39)7-3;1-27(28-21-32(41(2,3)4)38(47)33(22-28)42(5,6)7)20-31(29-23-34(43(8,9)10)39(48)35(24-29)44(11,12)13)30-25-36(45(14,15)16)40(49)37(26-30)46(17,18)19/h24-30,34-36,43,47-49H,5-23H2,1-4H3;21-27,31,47-49H,20H2,1-19H3. The van der Waals surface area contributed by atoms with Crippen LogP contribution in [0.4, 0.5) is 0 Å². The third kappa shape index (κ3) is 17.9. The second-order valence-corrected chi connectivity index (χ2v) is 37.2. The Bertz CT molecular complexity index is 3440. The molecule has 2 atom stereocenters. The van der Waals surface area contributed by atoms with Crippen LogP contribution in [0.2, 0.25) is 0 Å². The minimum absolute atomic E-state index is 0.0226. The Morgan fingerprint density at radius 3 is 0.786 bits per heavy atom. The van der Waals surface area contributed by atoms with Crippen LogP contribution >= 0.6 is 0 Å². The fourth-order valence-corrected chi connectivity index (χ4v) is 17.2. The van der Waals surface area contributed by atoms with E-state index in [1.54, 1.807) is 0 Å². The normalized spacial score (nSPS) is 16.7. The van der Waals surface area contributed by atoms with Gasteiger partial charge in [-0.25, -0.2) is 0 Å². The number of aryl methyl sites for hydroxylation is 3. The molecule has 0 spiro atoms. The predicted octanol–water partition coefficient (Wildman–Crippen LogP) is 25.9. The fraction of sp³-hybridized carbons (Fsp3) is 0.609. The van der Waals surface area contributed by atoms with Crippen molar-refractivity contribution in [3.05, 3.63) is 173 Å². The highest BCUT2D eigenvalue weighted by atomic mass is 16.3. The summed E-state index contributed by atoms with van der Waals surface area (Å²) in [5.41, 5.74) is 19.1. The molecule has 3 aliphatic rings. The Kier molecular flexibility index (Phi) is 24.4. The predicted molar refractivity (Wildman–Crippen MR) is 416 cm³/mol. The molecule has 0 aromatic heterocycles. The molecule has 6 aromatic carbocycles. The van der Waals surface area contributed by atoms with Gasteiger partial charge in [-0.1, -0.05) is 272 Å². The molecule has 98 heavy (non-hydrogen) atoms. The van der Waals surface area contributed by atoms with Crippen molar-refractivity contribution in [1.29, 1.82) is 0 Å². The molecule has 9 rings (SSSR count). The highest BCUT2D eigenvalue weighted by molar-refractivity contribution is 5.58. The monoisotopic (exact) mass is 1340 g/mol. The number of hydrogen-bond acceptors (Lipinski definition) is 6. The molecule has 2 unspecified atom stereocenters. The molecule has 0 radical (unpaired) electrons. The van der Waals surface area contributed by atoms with Gasteiger partial charge in [-0.2, -0.15) is 0 Å². The number of rotatable bonds is 16. The van der Waals surface area contributed by atoms with Gasteiger partial charge in [-0.05, 0) is 251 Å². The SMILES string of the molecule is CC(CC(c1cc(C(C)(C)C)c(O)c(C(C)(C)C)c1)c1cc(C(C)(C)C)c(O)c(C(C)(C)C)c1)c1cc(C(C)(C)C)c(O)c(C(C)(C)C)c1.CCc1cc(O)c(C2CCCCC2)cc1C(C)CC(c1cc(C2CCCCC2)c(O)cc1CC)c1cc(C2CCCCC2)c(O)cc1CC. The molecule has 6 nitrogen and oxygen atoms in total. The topological polar surface area (TPSA) is 121 Å². The minimum atomic E-state index is -0.265. The van der Waals surface area contributed by atoms with E-state index >= 15 is 0 Å². The van der Waals surface area contributed by atoms with Crippen LogP contribution in [0.5, 0.6) is 34.5 Å². The lowest BCUT2D eigenvalue weighted by molar-refractivity contribution is 0.412. The second-order valence-electron chi connectivity index (χ2n) is 37.2. The number of hydrogen-bond donors (Lipinski definition) is 6. The Hall–Kier alpha value is -5.88. The van der Waals surface area contributed by atoms with Crippen LogP contribution in [0.3, 0.4) is 0 Å². The quantitative estimate of drug-likeness (QED) is 0.0574. The molecule has 6 heteroatoms. The van der Waals surface area contributed by atoms with Gasteiger partial charge in [0.25, 0.3) is 0 Å². The van der Waals surface area contributed by atoms with E-state index in [2.05, 4.69) is 232 Å². The van der Waals surface area contributed by atoms with Gasteiger partial charge >= 0.3 is 0 Å². The second kappa shape index (κ2) is 30.8. The Morgan fingerprint density at radius 1 is 0.296 bits per heavy atom. The summed E-state index contributed by atoms with van der Waals surface area (Å²) in [5, 5.41) is 69.1. The first-order valence-electron chi connectivity index (χ1n) is 38.8. The van der Waals surface area contributed by atoms with E-state index in [9.17, 15) is 30.6 Å². The van der Waals surface area contributed by atoms with E-state index in [-0.39, 0.29) is 56.2 Å². The maximum atomic E-state index is 11.7. The number of benzene rings is 6. The molecule has 3 saturated carbocycles. The lowest BCUT2D eigenvalue weighted by Gasteiger charge is -2.33. The zero-order valence-electron chi connectivity index (χ0n) is 65.8. The summed E-state index contributed by atoms with van der Waals surface area (Å²) in [6.45, 7) is 50.5. The summed E-state index contributed by atoms with van der Waals surface area (Å²) in [6, 6.07) is 26.9. The van der Waals surface area contributed by atoms with Crippen LogP contribution in [0.15, 0.2) is 72.8 Å². The van der Waals surface area contributed by atoms with Crippen molar-refractivity contribution in [2.24, 2.45) is 0 Å². The summed E-state index contributed by atoms with van der Waals surface area (Å²) in [5.74, 6) is 4.44. The van der Waals surface area contributed by atoms with Gasteiger partial charge in [0.15, 0.2) is 0 Å². The molecule has 3 fully saturated rings. The molecule has 3 aliphatic carbocycles. The first-order valence-corrected chi connectivity index (χ1v) is 38.8. The van der Waals surface area contributed by atoms with E-state index < -0.39 is 0 Å². The number of phenols is 6. The van der Waals surface area contributed by atoms with Gasteiger partial charge in [0.05, 0.1) is 0 Å². The fourth-order valence-electron chi connectivity index (χ4n) is 17.2. The summed E-state index contributed by atoms with van der Waals surface area (Å²) in [4.78, 5) is 0. The summed E-state index contributed by atoms with van der Waals surface area (Å²) < 4.78 is 0. The van der Waals surface area contributed by atoms with E-state index in [0.29, 0.717) is 52.3 Å². The minimum Gasteiger partial charge on any atom is -0.508 e. The third-order valence-corrected chi connectivity index (χ3v) is 23.2. The molecular formula is C92H134O6. The van der Waals surface area contributed by atoms with Gasteiger partial charge < -0.3 is 30.6 Å². The highest BCUT2D eigenvalue weighted by Crippen LogP contribution is 2.52. The van der Waals surface area contributed by atoms with E-state index in [1.165, 1.54) is 121 Å². The maximum absolute atomic E-state index is 11.7. The molecule has 0 amide bonds. The number of aromatic hydroxyl groups is 6.